The van der Waals surface area contributed by atoms with Crippen molar-refractivity contribution >= 4 is 11.7 Å². The van der Waals surface area contributed by atoms with Crippen molar-refractivity contribution in [1.29, 1.82) is 0 Å². The first-order chi connectivity index (χ1) is 9.81. The second kappa shape index (κ2) is 5.66. The van der Waals surface area contributed by atoms with E-state index in [0.29, 0.717) is 5.82 Å². The minimum Gasteiger partial charge on any atom is -0.356 e. The number of anilines is 1. The van der Waals surface area contributed by atoms with E-state index in [0.717, 1.165) is 4.57 Å². The summed E-state index contributed by atoms with van der Waals surface area (Å²) in [5.74, 6) is -0.440. The van der Waals surface area contributed by atoms with Gasteiger partial charge in [-0.3, -0.25) is 18.7 Å². The van der Waals surface area contributed by atoms with E-state index in [9.17, 15) is 23.2 Å². The lowest BCUT2D eigenvalue weighted by Crippen LogP contribution is -2.56. The third-order valence-corrected chi connectivity index (χ3v) is 3.51. The number of carbonyl (C=O) groups is 1. The fourth-order valence-corrected chi connectivity index (χ4v) is 2.18. The van der Waals surface area contributed by atoms with E-state index in [-0.39, 0.29) is 13.1 Å². The standard InChI is InChI=1S/C12H16F2N4O3/c1-16-9(3-10(19)17(2)12(16)21)18-5-7(6-18)11(20)15-4-8(13)14/h3,7-8H,4-6H2,1-2H3,(H,15,20). The van der Waals surface area contributed by atoms with E-state index in [1.165, 1.54) is 24.7 Å². The summed E-state index contributed by atoms with van der Waals surface area (Å²) in [5.41, 5.74) is -0.887. The van der Waals surface area contributed by atoms with Crippen LogP contribution in [0.15, 0.2) is 15.7 Å². The van der Waals surface area contributed by atoms with E-state index in [2.05, 4.69) is 5.32 Å². The van der Waals surface area contributed by atoms with Crippen LogP contribution in [0.4, 0.5) is 14.6 Å². The van der Waals surface area contributed by atoms with Crippen LogP contribution < -0.4 is 21.5 Å². The molecular formula is C12H16F2N4O3. The molecule has 1 fully saturated rings. The van der Waals surface area contributed by atoms with Crippen molar-refractivity contribution in [1.82, 2.24) is 14.5 Å². The van der Waals surface area contributed by atoms with Gasteiger partial charge in [-0.15, -0.1) is 0 Å². The molecule has 2 heterocycles. The molecule has 1 saturated heterocycles. The van der Waals surface area contributed by atoms with Crippen LogP contribution in [-0.4, -0.2) is 41.1 Å². The molecule has 116 valence electrons. The average molecular weight is 302 g/mol. The summed E-state index contributed by atoms with van der Waals surface area (Å²) in [6.07, 6.45) is -2.58. The van der Waals surface area contributed by atoms with Crippen molar-refractivity contribution in [3.63, 3.8) is 0 Å². The van der Waals surface area contributed by atoms with Crippen LogP contribution >= 0.6 is 0 Å². The molecule has 0 spiro atoms. The molecule has 0 bridgehead atoms. The van der Waals surface area contributed by atoms with Crippen molar-refractivity contribution in [3.05, 3.63) is 26.9 Å². The molecule has 0 aliphatic carbocycles. The predicted molar refractivity (Wildman–Crippen MR) is 71.6 cm³/mol. The first-order valence-corrected chi connectivity index (χ1v) is 6.39. The molecule has 7 nitrogen and oxygen atoms in total. The zero-order valence-corrected chi connectivity index (χ0v) is 11.7. The molecule has 1 aliphatic heterocycles. The monoisotopic (exact) mass is 302 g/mol. The fraction of sp³-hybridized carbons (Fsp3) is 0.583. The Morgan fingerprint density at radius 2 is 1.95 bits per heavy atom. The number of amides is 1. The van der Waals surface area contributed by atoms with Crippen LogP contribution in [0, 0.1) is 5.92 Å². The van der Waals surface area contributed by atoms with E-state index < -0.39 is 36.0 Å². The quantitative estimate of drug-likeness (QED) is 0.766. The van der Waals surface area contributed by atoms with Gasteiger partial charge in [-0.05, 0) is 0 Å². The smallest absolute Gasteiger partial charge is 0.332 e. The molecule has 9 heteroatoms. The molecule has 1 aromatic rings. The predicted octanol–water partition coefficient (Wildman–Crippen LogP) is -1.10. The van der Waals surface area contributed by atoms with Gasteiger partial charge in [-0.2, -0.15) is 0 Å². The van der Waals surface area contributed by atoms with E-state index in [1.807, 2.05) is 0 Å². The van der Waals surface area contributed by atoms with Crippen LogP contribution in [-0.2, 0) is 18.9 Å². The summed E-state index contributed by atoms with van der Waals surface area (Å²) in [4.78, 5) is 36.7. The molecule has 1 amide bonds. The summed E-state index contributed by atoms with van der Waals surface area (Å²) in [6, 6.07) is 1.31. The number of alkyl halides is 2. The summed E-state index contributed by atoms with van der Waals surface area (Å²) >= 11 is 0. The third kappa shape index (κ3) is 2.96. The largest absolute Gasteiger partial charge is 0.356 e. The Bertz CT molecular complexity index is 661. The van der Waals surface area contributed by atoms with Crippen LogP contribution in [0.25, 0.3) is 0 Å². The van der Waals surface area contributed by atoms with Gasteiger partial charge in [-0.25, -0.2) is 13.6 Å². The molecule has 1 N–H and O–H groups in total. The van der Waals surface area contributed by atoms with Gasteiger partial charge in [0.1, 0.15) is 5.82 Å². The summed E-state index contributed by atoms with van der Waals surface area (Å²) in [7, 11) is 2.91. The Morgan fingerprint density at radius 1 is 1.33 bits per heavy atom. The van der Waals surface area contributed by atoms with Gasteiger partial charge in [0.25, 0.3) is 12.0 Å². The van der Waals surface area contributed by atoms with Crippen molar-refractivity contribution in [3.8, 4) is 0 Å². The third-order valence-electron chi connectivity index (χ3n) is 3.51. The van der Waals surface area contributed by atoms with Crippen LogP contribution in [0.2, 0.25) is 0 Å². The van der Waals surface area contributed by atoms with Crippen LogP contribution in [0.5, 0.6) is 0 Å². The molecule has 1 aliphatic rings. The van der Waals surface area contributed by atoms with Gasteiger partial charge in [0.05, 0.1) is 12.5 Å². The molecule has 0 radical (unpaired) electrons. The van der Waals surface area contributed by atoms with Crippen molar-refractivity contribution in [2.75, 3.05) is 24.5 Å². The molecule has 0 unspecified atom stereocenters. The van der Waals surface area contributed by atoms with Gasteiger partial charge in [-0.1, -0.05) is 0 Å². The highest BCUT2D eigenvalue weighted by atomic mass is 19.3. The number of hydrogen-bond acceptors (Lipinski definition) is 4. The Kier molecular flexibility index (Phi) is 4.10. The first-order valence-electron chi connectivity index (χ1n) is 6.39. The second-order valence-electron chi connectivity index (χ2n) is 4.98. The highest BCUT2D eigenvalue weighted by molar-refractivity contribution is 5.81. The highest BCUT2D eigenvalue weighted by Gasteiger charge is 2.34. The summed E-state index contributed by atoms with van der Waals surface area (Å²) < 4.78 is 26.3. The Hall–Kier alpha value is -2.19. The normalized spacial score (nSPS) is 15.2. The van der Waals surface area contributed by atoms with E-state index >= 15 is 0 Å². The number of nitrogens with zero attached hydrogens (tertiary/aromatic N) is 3. The zero-order chi connectivity index (χ0) is 15.7. The van der Waals surface area contributed by atoms with Crippen molar-refractivity contribution in [2.45, 2.75) is 6.43 Å². The number of rotatable bonds is 4. The Labute approximate surface area is 118 Å². The molecule has 1 aromatic heterocycles. The number of halogens is 2. The molecule has 0 atom stereocenters. The average Bonchev–Trinajstić information content (AvgIpc) is 2.38. The van der Waals surface area contributed by atoms with Gasteiger partial charge >= 0.3 is 5.69 Å². The minimum atomic E-state index is -2.58. The lowest BCUT2D eigenvalue weighted by Gasteiger charge is -2.40. The maximum absolute atomic E-state index is 12.0. The summed E-state index contributed by atoms with van der Waals surface area (Å²) in [6.45, 7) is -0.0925. The molecular weight excluding hydrogens is 286 g/mol. The SMILES string of the molecule is Cn1c(N2CC(C(=O)NCC(F)F)C2)cc(=O)n(C)c1=O. The molecule has 2 rings (SSSR count). The Morgan fingerprint density at radius 3 is 2.52 bits per heavy atom. The molecule has 0 aromatic carbocycles. The topological polar surface area (TPSA) is 76.3 Å². The number of nitrogens with one attached hydrogen (secondary N) is 1. The lowest BCUT2D eigenvalue weighted by atomic mass is 9.99. The first kappa shape index (κ1) is 15.2. The van der Waals surface area contributed by atoms with Crippen LogP contribution in [0.3, 0.4) is 0 Å². The molecule has 21 heavy (non-hydrogen) atoms. The molecule has 0 saturated carbocycles. The van der Waals surface area contributed by atoms with Gasteiger partial charge in [0.2, 0.25) is 5.91 Å². The maximum Gasteiger partial charge on any atom is 0.332 e. The number of hydrogen-bond donors (Lipinski definition) is 1. The van der Waals surface area contributed by atoms with E-state index in [1.54, 1.807) is 4.90 Å². The maximum atomic E-state index is 12.0. The number of aromatic nitrogens is 2. The Balaban J connectivity index is 2.04. The minimum absolute atomic E-state index is 0.287. The zero-order valence-electron chi connectivity index (χ0n) is 11.7. The fourth-order valence-electron chi connectivity index (χ4n) is 2.18. The van der Waals surface area contributed by atoms with Gasteiger partial charge < -0.3 is 10.2 Å². The van der Waals surface area contributed by atoms with E-state index in [4.69, 9.17) is 0 Å². The second-order valence-corrected chi connectivity index (χ2v) is 4.98. The lowest BCUT2D eigenvalue weighted by molar-refractivity contribution is -0.126. The van der Waals surface area contributed by atoms with Gasteiger partial charge in [0, 0.05) is 33.3 Å². The van der Waals surface area contributed by atoms with Gasteiger partial charge in [0.15, 0.2) is 0 Å². The summed E-state index contributed by atoms with van der Waals surface area (Å²) in [5, 5.41) is 2.15. The van der Waals surface area contributed by atoms with Crippen LogP contribution in [0.1, 0.15) is 0 Å². The van der Waals surface area contributed by atoms with Crippen molar-refractivity contribution < 1.29 is 13.6 Å². The number of carbonyl (C=O) groups excluding carboxylic acids is 1. The van der Waals surface area contributed by atoms with Crippen molar-refractivity contribution in [2.24, 2.45) is 20.0 Å². The highest BCUT2D eigenvalue weighted by Crippen LogP contribution is 2.22.